The van der Waals surface area contributed by atoms with E-state index in [0.717, 1.165) is 11.1 Å². The Kier molecular flexibility index (Phi) is 7.11. The molecule has 0 spiro atoms. The maximum atomic E-state index is 13.2. The molecule has 1 saturated heterocycles. The van der Waals surface area contributed by atoms with Crippen molar-refractivity contribution in [3.8, 4) is 11.5 Å². The molecule has 1 amide bonds. The van der Waals surface area contributed by atoms with Crippen molar-refractivity contribution in [2.75, 3.05) is 41.4 Å². The van der Waals surface area contributed by atoms with Crippen LogP contribution in [0, 0.1) is 6.92 Å². The molecule has 32 heavy (non-hydrogen) atoms. The number of Topliss-reactive ketones (excluding diaryl/α,β-unsaturated/α-hetero) is 1. The second-order valence-electron chi connectivity index (χ2n) is 7.84. The molecule has 2 aromatic rings. The third-order valence-corrected chi connectivity index (χ3v) is 5.84. The number of likely N-dealkylation sites (N-methyl/N-ethyl adjacent to an activating group) is 1. The number of hydrogen-bond acceptors (Lipinski definition) is 6. The van der Waals surface area contributed by atoms with E-state index in [0.29, 0.717) is 18.8 Å². The minimum atomic E-state index is -0.747. The van der Waals surface area contributed by atoms with Gasteiger partial charge in [0.25, 0.3) is 11.7 Å². The van der Waals surface area contributed by atoms with Crippen LogP contribution in [0.3, 0.4) is 0 Å². The minimum Gasteiger partial charge on any atom is -0.507 e. The molecule has 0 aliphatic carbocycles. The lowest BCUT2D eigenvalue weighted by molar-refractivity contribution is -0.140. The third kappa shape index (κ3) is 4.31. The van der Waals surface area contributed by atoms with Crippen LogP contribution in [0.2, 0.25) is 5.02 Å². The first-order valence-corrected chi connectivity index (χ1v) is 10.5. The van der Waals surface area contributed by atoms with Crippen LogP contribution in [0.25, 0.3) is 5.76 Å². The Morgan fingerprint density at radius 3 is 2.38 bits per heavy atom. The van der Waals surface area contributed by atoms with E-state index < -0.39 is 17.7 Å². The van der Waals surface area contributed by atoms with Crippen molar-refractivity contribution in [2.24, 2.45) is 0 Å². The van der Waals surface area contributed by atoms with Crippen LogP contribution in [0.4, 0.5) is 0 Å². The van der Waals surface area contributed by atoms with E-state index >= 15 is 0 Å². The van der Waals surface area contributed by atoms with Crippen LogP contribution in [0.15, 0.2) is 42.0 Å². The number of nitrogens with zero attached hydrogens (tertiary/aromatic N) is 2. The molecule has 0 aromatic heterocycles. The fourth-order valence-corrected chi connectivity index (χ4v) is 4.07. The smallest absolute Gasteiger partial charge is 0.295 e. The number of benzene rings is 2. The summed E-state index contributed by atoms with van der Waals surface area (Å²) < 4.78 is 10.6. The summed E-state index contributed by atoms with van der Waals surface area (Å²) in [7, 11) is 6.69. The van der Waals surface area contributed by atoms with E-state index in [-0.39, 0.29) is 27.7 Å². The number of ketones is 1. The topological polar surface area (TPSA) is 79.3 Å². The van der Waals surface area contributed by atoms with E-state index in [4.69, 9.17) is 21.1 Å². The quantitative estimate of drug-likeness (QED) is 0.387. The molecule has 1 fully saturated rings. The van der Waals surface area contributed by atoms with Gasteiger partial charge in [0, 0.05) is 19.2 Å². The number of aliphatic hydroxyl groups is 1. The monoisotopic (exact) mass is 458 g/mol. The summed E-state index contributed by atoms with van der Waals surface area (Å²) in [5.41, 5.74) is 1.88. The van der Waals surface area contributed by atoms with Crippen molar-refractivity contribution < 1.29 is 24.2 Å². The fourth-order valence-electron chi connectivity index (χ4n) is 3.83. The van der Waals surface area contributed by atoms with E-state index in [2.05, 4.69) is 0 Å². The van der Waals surface area contributed by atoms with E-state index in [1.807, 2.05) is 50.2 Å². The molecule has 1 aliphatic rings. The number of aliphatic hydroxyl groups excluding tert-OH is 1. The van der Waals surface area contributed by atoms with E-state index in [1.54, 1.807) is 0 Å². The molecule has 0 bridgehead atoms. The van der Waals surface area contributed by atoms with Gasteiger partial charge in [-0.15, -0.1) is 0 Å². The van der Waals surface area contributed by atoms with Crippen molar-refractivity contribution in [1.82, 2.24) is 9.80 Å². The Morgan fingerprint density at radius 1 is 1.12 bits per heavy atom. The van der Waals surface area contributed by atoms with Gasteiger partial charge >= 0.3 is 0 Å². The molecular formula is C24H27ClN2O5. The lowest BCUT2D eigenvalue weighted by atomic mass is 9.92. The van der Waals surface area contributed by atoms with E-state index in [9.17, 15) is 14.7 Å². The van der Waals surface area contributed by atoms with Gasteiger partial charge in [-0.3, -0.25) is 9.59 Å². The SMILES string of the molecule is COc1cc(OC)c(/C(O)=C2\C(=O)C(=O)N(CCN(C)C)C2c2ccccc2C)cc1Cl. The zero-order chi connectivity index (χ0) is 23.6. The highest BCUT2D eigenvalue weighted by Gasteiger charge is 2.46. The second kappa shape index (κ2) is 9.63. The molecule has 0 radical (unpaired) electrons. The molecule has 1 unspecified atom stereocenters. The van der Waals surface area contributed by atoms with Gasteiger partial charge in [-0.05, 0) is 38.2 Å². The van der Waals surface area contributed by atoms with Crippen LogP contribution in [-0.2, 0) is 9.59 Å². The average molecular weight is 459 g/mol. The van der Waals surface area contributed by atoms with Gasteiger partial charge in [-0.1, -0.05) is 35.9 Å². The Balaban J connectivity index is 2.25. The molecule has 1 atom stereocenters. The number of aryl methyl sites for hydroxylation is 1. The predicted molar refractivity (Wildman–Crippen MR) is 123 cm³/mol. The molecular weight excluding hydrogens is 432 g/mol. The lowest BCUT2D eigenvalue weighted by Crippen LogP contribution is -2.35. The number of methoxy groups -OCH3 is 2. The Bertz CT molecular complexity index is 1080. The maximum absolute atomic E-state index is 13.2. The number of hydrogen-bond donors (Lipinski definition) is 1. The molecule has 1 N–H and O–H groups in total. The molecule has 2 aromatic carbocycles. The molecule has 3 rings (SSSR count). The number of halogens is 1. The predicted octanol–water partition coefficient (Wildman–Crippen LogP) is 3.65. The van der Waals surface area contributed by atoms with Gasteiger partial charge < -0.3 is 24.4 Å². The number of amides is 1. The van der Waals surface area contributed by atoms with Crippen molar-refractivity contribution >= 4 is 29.1 Å². The largest absolute Gasteiger partial charge is 0.507 e. The third-order valence-electron chi connectivity index (χ3n) is 5.54. The highest BCUT2D eigenvalue weighted by Crippen LogP contribution is 2.43. The molecule has 7 nitrogen and oxygen atoms in total. The Morgan fingerprint density at radius 2 is 1.78 bits per heavy atom. The van der Waals surface area contributed by atoms with Crippen molar-refractivity contribution in [3.63, 3.8) is 0 Å². The van der Waals surface area contributed by atoms with Crippen LogP contribution in [0.1, 0.15) is 22.7 Å². The van der Waals surface area contributed by atoms with Gasteiger partial charge in [-0.25, -0.2) is 0 Å². The first-order chi connectivity index (χ1) is 15.2. The maximum Gasteiger partial charge on any atom is 0.295 e. The Labute approximate surface area is 192 Å². The first kappa shape index (κ1) is 23.6. The second-order valence-corrected chi connectivity index (χ2v) is 8.25. The standard InChI is InChI=1S/C24H27ClN2O5/c1-14-8-6-7-9-15(14)21-20(23(29)24(30)27(21)11-10-26(2)3)22(28)16-12-17(25)19(32-5)13-18(16)31-4/h6-9,12-13,21,28H,10-11H2,1-5H3/b22-20+. The number of ether oxygens (including phenoxy) is 2. The number of carbonyl (C=O) groups excluding carboxylic acids is 2. The zero-order valence-corrected chi connectivity index (χ0v) is 19.6. The number of carbonyl (C=O) groups is 2. The molecule has 170 valence electrons. The van der Waals surface area contributed by atoms with Gasteiger partial charge in [0.15, 0.2) is 0 Å². The van der Waals surface area contributed by atoms with Crippen molar-refractivity contribution in [3.05, 3.63) is 63.7 Å². The lowest BCUT2D eigenvalue weighted by Gasteiger charge is -2.27. The summed E-state index contributed by atoms with van der Waals surface area (Å²) in [5, 5.41) is 11.6. The molecule has 1 heterocycles. The van der Waals surface area contributed by atoms with Gasteiger partial charge in [0.05, 0.1) is 36.4 Å². The van der Waals surface area contributed by atoms with Gasteiger partial charge in [-0.2, -0.15) is 0 Å². The summed E-state index contributed by atoms with van der Waals surface area (Å²) >= 11 is 6.28. The molecule has 8 heteroatoms. The first-order valence-electron chi connectivity index (χ1n) is 10.1. The summed E-state index contributed by atoms with van der Waals surface area (Å²) in [5.74, 6) is -1.11. The summed E-state index contributed by atoms with van der Waals surface area (Å²) in [6.45, 7) is 2.80. The Hall–Kier alpha value is -3.03. The molecule has 1 aliphatic heterocycles. The molecule has 0 saturated carbocycles. The fraction of sp³-hybridized carbons (Fsp3) is 0.333. The average Bonchev–Trinajstić information content (AvgIpc) is 3.01. The van der Waals surface area contributed by atoms with Crippen LogP contribution in [0.5, 0.6) is 11.5 Å². The van der Waals surface area contributed by atoms with Crippen LogP contribution < -0.4 is 9.47 Å². The zero-order valence-electron chi connectivity index (χ0n) is 18.8. The minimum absolute atomic E-state index is 0.00240. The highest BCUT2D eigenvalue weighted by atomic mass is 35.5. The van der Waals surface area contributed by atoms with Gasteiger partial charge in [0.1, 0.15) is 17.3 Å². The summed E-state index contributed by atoms with van der Waals surface area (Å²) in [6, 6.07) is 9.77. The van der Waals surface area contributed by atoms with Crippen LogP contribution >= 0.6 is 11.6 Å². The summed E-state index contributed by atoms with van der Waals surface area (Å²) in [6.07, 6.45) is 0. The van der Waals surface area contributed by atoms with Gasteiger partial charge in [0.2, 0.25) is 0 Å². The van der Waals surface area contributed by atoms with E-state index in [1.165, 1.54) is 31.3 Å². The summed E-state index contributed by atoms with van der Waals surface area (Å²) in [4.78, 5) is 29.6. The highest BCUT2D eigenvalue weighted by molar-refractivity contribution is 6.46. The van der Waals surface area contributed by atoms with Crippen LogP contribution in [-0.4, -0.2) is 68.0 Å². The number of likely N-dealkylation sites (tertiary alicyclic amines) is 1. The van der Waals surface area contributed by atoms with Crippen molar-refractivity contribution in [2.45, 2.75) is 13.0 Å². The normalized spacial score (nSPS) is 17.8. The number of rotatable bonds is 7. The van der Waals surface area contributed by atoms with Crippen molar-refractivity contribution in [1.29, 1.82) is 0 Å².